The predicted octanol–water partition coefficient (Wildman–Crippen LogP) is 4.67. The first-order valence-electron chi connectivity index (χ1n) is 15.0. The zero-order valence-electron chi connectivity index (χ0n) is 23.1. The van der Waals surface area contributed by atoms with Gasteiger partial charge in [0.15, 0.2) is 0 Å². The molecule has 11 heteroatoms. The van der Waals surface area contributed by atoms with Crippen LogP contribution < -0.4 is 16.5 Å². The fraction of sp³-hybridized carbons (Fsp3) is 0.759. The standard InChI is InChI=1S/C29H40F4N6O/c1-36-18-34-35-25(36)28(16-27(17-28)7-8-27)20-3-2-4-22(12-20)38-15-24-23(29(31,32)33)11-19(14-39(24)26(38)40)13-37-9-5-21(30)6-10-37/h11,14-15,20-22,25,34-35H,2-10,12-13,16-18H2,1H3. The van der Waals surface area contributed by atoms with Gasteiger partial charge < -0.3 is 0 Å². The van der Waals surface area contributed by atoms with Crippen LogP contribution in [0.1, 0.15) is 81.4 Å². The van der Waals surface area contributed by atoms with E-state index in [1.807, 2.05) is 4.90 Å². The van der Waals surface area contributed by atoms with Crippen molar-refractivity contribution in [1.82, 2.24) is 29.6 Å². The van der Waals surface area contributed by atoms with E-state index in [1.54, 1.807) is 10.8 Å². The van der Waals surface area contributed by atoms with Crippen molar-refractivity contribution >= 4 is 5.52 Å². The molecule has 0 bridgehead atoms. The van der Waals surface area contributed by atoms with Crippen LogP contribution in [0.3, 0.4) is 0 Å². The summed E-state index contributed by atoms with van der Waals surface area (Å²) in [4.78, 5) is 18.0. The number of likely N-dealkylation sites (tertiary alicyclic amines) is 1. The van der Waals surface area contributed by atoms with Crippen molar-refractivity contribution in [3.05, 3.63) is 40.1 Å². The Morgan fingerprint density at radius 3 is 2.48 bits per heavy atom. The van der Waals surface area contributed by atoms with Crippen molar-refractivity contribution in [3.8, 4) is 0 Å². The number of hydrogen-bond donors (Lipinski definition) is 2. The highest BCUT2D eigenvalue weighted by atomic mass is 19.4. The van der Waals surface area contributed by atoms with Gasteiger partial charge in [0, 0.05) is 43.5 Å². The Balaban J connectivity index is 1.20. The number of nitrogens with zero attached hydrogens (tertiary/aromatic N) is 4. The number of aromatic nitrogens is 2. The largest absolute Gasteiger partial charge is 0.418 e. The van der Waals surface area contributed by atoms with Gasteiger partial charge in [0.1, 0.15) is 6.17 Å². The summed E-state index contributed by atoms with van der Waals surface area (Å²) in [5, 5.41) is 0. The summed E-state index contributed by atoms with van der Waals surface area (Å²) in [5.41, 5.74) is 6.62. The molecule has 5 fully saturated rings. The van der Waals surface area contributed by atoms with Gasteiger partial charge in [0.25, 0.3) is 0 Å². The van der Waals surface area contributed by atoms with Gasteiger partial charge in [-0.25, -0.2) is 20.0 Å². The monoisotopic (exact) mass is 564 g/mol. The summed E-state index contributed by atoms with van der Waals surface area (Å²) in [5.74, 6) is 0.406. The maximum absolute atomic E-state index is 14.3. The van der Waals surface area contributed by atoms with Gasteiger partial charge in [-0.3, -0.25) is 18.8 Å². The molecule has 220 valence electrons. The fourth-order valence-electron chi connectivity index (χ4n) is 8.73. The molecule has 3 atom stereocenters. The van der Waals surface area contributed by atoms with Crippen molar-refractivity contribution in [1.29, 1.82) is 0 Å². The van der Waals surface area contributed by atoms with Crippen LogP contribution >= 0.6 is 0 Å². The molecule has 1 spiro atoms. The average molecular weight is 565 g/mol. The zero-order valence-corrected chi connectivity index (χ0v) is 23.1. The smallest absolute Gasteiger partial charge is 0.299 e. The summed E-state index contributed by atoms with van der Waals surface area (Å²) >= 11 is 0. The lowest BCUT2D eigenvalue weighted by Crippen LogP contribution is -2.61. The number of fused-ring (bicyclic) bond motifs is 1. The van der Waals surface area contributed by atoms with E-state index < -0.39 is 23.6 Å². The van der Waals surface area contributed by atoms with Crippen LogP contribution in [0, 0.1) is 16.7 Å². The molecule has 3 saturated carbocycles. The van der Waals surface area contributed by atoms with Crippen LogP contribution in [-0.2, 0) is 12.7 Å². The SMILES string of the molecule is CN1CNNC1C1(C2CCCC(n3cc4c(C(F)(F)F)cc(CN5CCC(F)CC5)cn4c3=O)C2)CC2(CC2)C1. The van der Waals surface area contributed by atoms with Crippen LogP contribution in [-0.4, -0.2) is 57.9 Å². The van der Waals surface area contributed by atoms with E-state index in [4.69, 9.17) is 0 Å². The van der Waals surface area contributed by atoms with E-state index in [1.165, 1.54) is 42.3 Å². The highest BCUT2D eigenvalue weighted by Crippen LogP contribution is 2.73. The summed E-state index contributed by atoms with van der Waals surface area (Å²) < 4.78 is 59.2. The van der Waals surface area contributed by atoms with E-state index >= 15 is 0 Å². The van der Waals surface area contributed by atoms with Crippen LogP contribution in [0.5, 0.6) is 0 Å². The minimum absolute atomic E-state index is 0.0810. The first-order valence-corrected chi connectivity index (χ1v) is 15.0. The average Bonchev–Trinajstić information content (AvgIpc) is 3.47. The molecule has 2 aliphatic heterocycles. The molecular formula is C29H40F4N6O. The summed E-state index contributed by atoms with van der Waals surface area (Å²) in [6.07, 6.45) is 7.24. The third-order valence-corrected chi connectivity index (χ3v) is 10.8. The molecule has 2 N–H and O–H groups in total. The Morgan fingerprint density at radius 2 is 1.82 bits per heavy atom. The molecule has 2 aromatic heterocycles. The molecule has 40 heavy (non-hydrogen) atoms. The Hall–Kier alpha value is -1.95. The Bertz CT molecular complexity index is 1320. The van der Waals surface area contributed by atoms with Gasteiger partial charge >= 0.3 is 11.9 Å². The molecule has 5 aliphatic rings. The van der Waals surface area contributed by atoms with Crippen LogP contribution in [0.15, 0.2) is 23.3 Å². The zero-order chi connectivity index (χ0) is 27.9. The topological polar surface area (TPSA) is 56.9 Å². The van der Waals surface area contributed by atoms with Gasteiger partial charge in [0.2, 0.25) is 0 Å². The number of nitrogens with one attached hydrogen (secondary N) is 2. The third-order valence-electron chi connectivity index (χ3n) is 10.8. The number of alkyl halides is 4. The highest BCUT2D eigenvalue weighted by molar-refractivity contribution is 5.56. The van der Waals surface area contributed by atoms with Crippen LogP contribution in [0.2, 0.25) is 0 Å². The predicted molar refractivity (Wildman–Crippen MR) is 143 cm³/mol. The Kier molecular flexibility index (Phi) is 6.42. The molecule has 2 aromatic rings. The third kappa shape index (κ3) is 4.51. The van der Waals surface area contributed by atoms with Gasteiger partial charge in [0.05, 0.1) is 23.9 Å². The van der Waals surface area contributed by atoms with Crippen molar-refractivity contribution in [2.45, 2.75) is 95.3 Å². The van der Waals surface area contributed by atoms with Gasteiger partial charge in [-0.1, -0.05) is 6.42 Å². The number of imidazole rings is 1. The second kappa shape index (κ2) is 9.54. The number of piperidine rings is 1. The normalized spacial score (nSPS) is 31.2. The minimum Gasteiger partial charge on any atom is -0.299 e. The second-order valence-corrected chi connectivity index (χ2v) is 13.5. The van der Waals surface area contributed by atoms with E-state index in [9.17, 15) is 22.4 Å². The summed E-state index contributed by atoms with van der Waals surface area (Å²) in [6, 6.07) is 1.06. The van der Waals surface area contributed by atoms with Crippen molar-refractivity contribution in [3.63, 3.8) is 0 Å². The second-order valence-electron chi connectivity index (χ2n) is 13.5. The molecule has 3 unspecified atom stereocenters. The molecular weight excluding hydrogens is 524 g/mol. The molecule has 7 nitrogen and oxygen atoms in total. The molecule has 4 heterocycles. The molecule has 7 rings (SSSR count). The van der Waals surface area contributed by atoms with E-state index in [-0.39, 0.29) is 29.7 Å². The first-order chi connectivity index (χ1) is 19.1. The fourth-order valence-corrected chi connectivity index (χ4v) is 8.73. The lowest BCUT2D eigenvalue weighted by atomic mass is 9.49. The van der Waals surface area contributed by atoms with Crippen molar-refractivity contribution in [2.75, 3.05) is 26.8 Å². The lowest BCUT2D eigenvalue weighted by molar-refractivity contribution is -0.136. The summed E-state index contributed by atoms with van der Waals surface area (Å²) in [6.45, 7) is 2.07. The molecule has 3 aliphatic carbocycles. The molecule has 2 saturated heterocycles. The van der Waals surface area contributed by atoms with E-state index in [0.29, 0.717) is 42.8 Å². The maximum atomic E-state index is 14.3. The number of pyridine rings is 1. The Morgan fingerprint density at radius 1 is 1.07 bits per heavy atom. The van der Waals surface area contributed by atoms with E-state index in [0.717, 1.165) is 32.4 Å². The molecule has 0 radical (unpaired) electrons. The first kappa shape index (κ1) is 26.9. The van der Waals surface area contributed by atoms with Crippen LogP contribution in [0.25, 0.3) is 5.52 Å². The van der Waals surface area contributed by atoms with Crippen molar-refractivity contribution in [2.24, 2.45) is 16.7 Å². The van der Waals surface area contributed by atoms with E-state index in [2.05, 4.69) is 22.8 Å². The number of hydrogen-bond acceptors (Lipinski definition) is 5. The number of hydrazine groups is 1. The maximum Gasteiger partial charge on any atom is 0.418 e. The number of rotatable bonds is 5. The molecule has 0 amide bonds. The highest BCUT2D eigenvalue weighted by Gasteiger charge is 2.67. The van der Waals surface area contributed by atoms with Gasteiger partial charge in [-0.05, 0) is 87.8 Å². The van der Waals surface area contributed by atoms with Crippen LogP contribution in [0.4, 0.5) is 17.6 Å². The van der Waals surface area contributed by atoms with Crippen molar-refractivity contribution < 1.29 is 17.6 Å². The van der Waals surface area contributed by atoms with Gasteiger partial charge in [-0.15, -0.1) is 0 Å². The lowest BCUT2D eigenvalue weighted by Gasteiger charge is -2.59. The Labute approximate surface area is 231 Å². The minimum atomic E-state index is -4.58. The quantitative estimate of drug-likeness (QED) is 0.518. The number of halogens is 4. The molecule has 0 aromatic carbocycles. The summed E-state index contributed by atoms with van der Waals surface area (Å²) in [7, 11) is 2.14. The van der Waals surface area contributed by atoms with Gasteiger partial charge in [-0.2, -0.15) is 13.2 Å².